The quantitative estimate of drug-likeness (QED) is 0.827. The third kappa shape index (κ3) is 2.03. The summed E-state index contributed by atoms with van der Waals surface area (Å²) in [5.41, 5.74) is 1.32. The summed E-state index contributed by atoms with van der Waals surface area (Å²) in [5, 5.41) is 5.65. The normalized spacial score (nSPS) is 17.4. The lowest BCUT2D eigenvalue weighted by Gasteiger charge is -2.28. The summed E-state index contributed by atoms with van der Waals surface area (Å²) in [6, 6.07) is 10.2. The van der Waals surface area contributed by atoms with E-state index in [2.05, 4.69) is 10.6 Å². The van der Waals surface area contributed by atoms with Crippen LogP contribution in [-0.2, 0) is 0 Å². The molecule has 0 saturated carbocycles. The molecule has 0 saturated heterocycles. The Bertz CT molecular complexity index is 658. The van der Waals surface area contributed by atoms with E-state index < -0.39 is 17.8 Å². The van der Waals surface area contributed by atoms with E-state index in [0.29, 0.717) is 11.3 Å². The minimum Gasteiger partial charge on any atom is -0.361 e. The molecule has 5 heteroatoms. The lowest BCUT2D eigenvalue weighted by Crippen LogP contribution is -2.38. The van der Waals surface area contributed by atoms with Gasteiger partial charge in [-0.3, -0.25) is 4.79 Å². The number of anilines is 1. The monoisotopic (exact) mass is 260 g/mol. The molecule has 3 nitrogen and oxygen atoms in total. The van der Waals surface area contributed by atoms with Crippen LogP contribution in [0.1, 0.15) is 22.1 Å². The first-order valence-electron chi connectivity index (χ1n) is 5.76. The van der Waals surface area contributed by atoms with Gasteiger partial charge < -0.3 is 10.6 Å². The van der Waals surface area contributed by atoms with Crippen molar-refractivity contribution in [3.05, 3.63) is 65.2 Å². The summed E-state index contributed by atoms with van der Waals surface area (Å²) in [6.07, 6.45) is -0.706. The van der Waals surface area contributed by atoms with Crippen LogP contribution in [0.3, 0.4) is 0 Å². The van der Waals surface area contributed by atoms with Crippen LogP contribution in [0.5, 0.6) is 0 Å². The van der Waals surface area contributed by atoms with Crippen molar-refractivity contribution in [1.29, 1.82) is 0 Å². The van der Waals surface area contributed by atoms with Crippen molar-refractivity contribution in [1.82, 2.24) is 5.32 Å². The Balaban J connectivity index is 1.99. The second-order valence-electron chi connectivity index (χ2n) is 4.26. The summed E-state index contributed by atoms with van der Waals surface area (Å²) < 4.78 is 26.6. The van der Waals surface area contributed by atoms with Gasteiger partial charge in [-0.25, -0.2) is 8.78 Å². The number of para-hydroxylation sites is 1. The molecule has 0 radical (unpaired) electrons. The largest absolute Gasteiger partial charge is 0.361 e. The first kappa shape index (κ1) is 11.6. The highest BCUT2D eigenvalue weighted by Gasteiger charge is 2.25. The van der Waals surface area contributed by atoms with Crippen LogP contribution in [-0.4, -0.2) is 5.91 Å². The Kier molecular flexibility index (Phi) is 2.67. The molecule has 2 aromatic carbocycles. The maximum absolute atomic E-state index is 13.7. The maximum atomic E-state index is 13.7. The van der Waals surface area contributed by atoms with Gasteiger partial charge in [0.05, 0.1) is 5.56 Å². The van der Waals surface area contributed by atoms with Crippen molar-refractivity contribution < 1.29 is 13.6 Å². The molecule has 1 aliphatic heterocycles. The molecule has 19 heavy (non-hydrogen) atoms. The van der Waals surface area contributed by atoms with Crippen LogP contribution >= 0.6 is 0 Å². The summed E-state index contributed by atoms with van der Waals surface area (Å²) in [6.45, 7) is 0. The molecule has 3 rings (SSSR count). The van der Waals surface area contributed by atoms with Gasteiger partial charge in [0.2, 0.25) is 0 Å². The number of fused-ring (bicyclic) bond motifs is 1. The van der Waals surface area contributed by atoms with Gasteiger partial charge in [0.25, 0.3) is 5.91 Å². The third-order valence-electron chi connectivity index (χ3n) is 3.02. The summed E-state index contributed by atoms with van der Waals surface area (Å²) in [5.74, 6) is -1.64. The van der Waals surface area contributed by atoms with E-state index in [1.165, 1.54) is 6.07 Å². The number of hydrogen-bond acceptors (Lipinski definition) is 2. The maximum Gasteiger partial charge on any atom is 0.255 e. The molecule has 0 unspecified atom stereocenters. The second-order valence-corrected chi connectivity index (χ2v) is 4.26. The standard InChI is InChI=1S/C14H10F2N2O/c15-8-5-6-9(11(16)7-8)13-17-12-4-2-1-3-10(12)14(19)18-13/h1-7,13,17H,(H,18,19)/t13-/m0/s1. The summed E-state index contributed by atoms with van der Waals surface area (Å²) in [7, 11) is 0. The van der Waals surface area contributed by atoms with Crippen LogP contribution in [0.25, 0.3) is 0 Å². The van der Waals surface area contributed by atoms with E-state index >= 15 is 0 Å². The molecule has 0 bridgehead atoms. The number of rotatable bonds is 1. The summed E-state index contributed by atoms with van der Waals surface area (Å²) in [4.78, 5) is 11.9. The Morgan fingerprint density at radius 2 is 1.79 bits per heavy atom. The van der Waals surface area contributed by atoms with E-state index in [0.717, 1.165) is 12.1 Å². The fourth-order valence-corrected chi connectivity index (χ4v) is 2.10. The summed E-state index contributed by atoms with van der Waals surface area (Å²) >= 11 is 0. The zero-order chi connectivity index (χ0) is 13.4. The smallest absolute Gasteiger partial charge is 0.255 e. The van der Waals surface area contributed by atoms with Crippen LogP contribution < -0.4 is 10.6 Å². The van der Waals surface area contributed by atoms with Crippen molar-refractivity contribution in [2.45, 2.75) is 6.17 Å². The van der Waals surface area contributed by atoms with Gasteiger partial charge in [-0.2, -0.15) is 0 Å². The van der Waals surface area contributed by atoms with Crippen LogP contribution in [0.15, 0.2) is 42.5 Å². The topological polar surface area (TPSA) is 41.1 Å². The first-order chi connectivity index (χ1) is 9.15. The number of benzene rings is 2. The predicted molar refractivity (Wildman–Crippen MR) is 66.6 cm³/mol. The van der Waals surface area contributed by atoms with Crippen molar-refractivity contribution >= 4 is 11.6 Å². The molecule has 1 aliphatic rings. The van der Waals surface area contributed by atoms with E-state index in [-0.39, 0.29) is 11.5 Å². The highest BCUT2D eigenvalue weighted by Crippen LogP contribution is 2.27. The number of hydrogen-bond donors (Lipinski definition) is 2. The predicted octanol–water partition coefficient (Wildman–Crippen LogP) is 2.82. The Hall–Kier alpha value is -2.43. The number of amides is 1. The van der Waals surface area contributed by atoms with Crippen LogP contribution in [0, 0.1) is 11.6 Å². The van der Waals surface area contributed by atoms with Crippen molar-refractivity contribution in [3.63, 3.8) is 0 Å². The highest BCUT2D eigenvalue weighted by atomic mass is 19.1. The van der Waals surface area contributed by atoms with Crippen LogP contribution in [0.2, 0.25) is 0 Å². The molecule has 2 N–H and O–H groups in total. The Morgan fingerprint density at radius 3 is 2.58 bits per heavy atom. The van der Waals surface area contributed by atoms with Gasteiger partial charge in [0.1, 0.15) is 17.8 Å². The van der Waals surface area contributed by atoms with Crippen molar-refractivity contribution in [3.8, 4) is 0 Å². The van der Waals surface area contributed by atoms with Gasteiger partial charge >= 0.3 is 0 Å². The molecular weight excluding hydrogens is 250 g/mol. The average molecular weight is 260 g/mol. The average Bonchev–Trinajstić information content (AvgIpc) is 2.38. The molecule has 1 atom stereocenters. The number of carbonyl (C=O) groups is 1. The van der Waals surface area contributed by atoms with E-state index in [9.17, 15) is 13.6 Å². The SMILES string of the molecule is O=C1N[C@@H](c2ccc(F)cc2F)Nc2ccccc21. The molecule has 96 valence electrons. The first-order valence-corrected chi connectivity index (χ1v) is 5.76. The highest BCUT2D eigenvalue weighted by molar-refractivity contribution is 6.01. The molecule has 1 heterocycles. The van der Waals surface area contributed by atoms with Gasteiger partial charge in [-0.1, -0.05) is 12.1 Å². The van der Waals surface area contributed by atoms with Crippen molar-refractivity contribution in [2.24, 2.45) is 0 Å². The van der Waals surface area contributed by atoms with Gasteiger partial charge in [0, 0.05) is 17.3 Å². The van der Waals surface area contributed by atoms with Gasteiger partial charge in [-0.05, 0) is 24.3 Å². The zero-order valence-corrected chi connectivity index (χ0v) is 9.78. The van der Waals surface area contributed by atoms with E-state index in [4.69, 9.17) is 0 Å². The second kappa shape index (κ2) is 4.35. The molecule has 0 aliphatic carbocycles. The number of nitrogens with one attached hydrogen (secondary N) is 2. The number of halogens is 2. The van der Waals surface area contributed by atoms with Crippen molar-refractivity contribution in [2.75, 3.05) is 5.32 Å². The van der Waals surface area contributed by atoms with Crippen LogP contribution in [0.4, 0.5) is 14.5 Å². The molecule has 2 aromatic rings. The third-order valence-corrected chi connectivity index (χ3v) is 3.02. The van der Waals surface area contributed by atoms with E-state index in [1.807, 2.05) is 0 Å². The molecular formula is C14H10F2N2O. The fourth-order valence-electron chi connectivity index (χ4n) is 2.10. The Labute approximate surface area is 108 Å². The van der Waals surface area contributed by atoms with E-state index in [1.54, 1.807) is 24.3 Å². The van der Waals surface area contributed by atoms with Gasteiger partial charge in [-0.15, -0.1) is 0 Å². The minimum atomic E-state index is -0.706. The molecule has 1 amide bonds. The zero-order valence-electron chi connectivity index (χ0n) is 9.78. The molecule has 0 aromatic heterocycles. The molecule has 0 spiro atoms. The van der Waals surface area contributed by atoms with Gasteiger partial charge in [0.15, 0.2) is 0 Å². The lowest BCUT2D eigenvalue weighted by atomic mass is 10.1. The minimum absolute atomic E-state index is 0.198. The Morgan fingerprint density at radius 1 is 1.00 bits per heavy atom. The fraction of sp³-hybridized carbons (Fsp3) is 0.0714. The molecule has 0 fully saturated rings. The lowest BCUT2D eigenvalue weighted by molar-refractivity contribution is 0.0935. The number of carbonyl (C=O) groups excluding carboxylic acids is 1.